The minimum Gasteiger partial charge on any atom is -0.494 e. The second-order valence-corrected chi connectivity index (χ2v) is 9.69. The molecule has 9 heteroatoms. The lowest BCUT2D eigenvalue weighted by molar-refractivity contribution is 0.390. The first-order valence-electron chi connectivity index (χ1n) is 10.4. The number of hydrogen-bond acceptors (Lipinski definition) is 7. The van der Waals surface area contributed by atoms with Gasteiger partial charge in [0.1, 0.15) is 28.8 Å². The van der Waals surface area contributed by atoms with Crippen LogP contribution in [0.3, 0.4) is 0 Å². The number of nitrogens with zero attached hydrogens (tertiary/aromatic N) is 3. The van der Waals surface area contributed by atoms with Gasteiger partial charge < -0.3 is 13.9 Å². The number of aromatic nitrogens is 3. The summed E-state index contributed by atoms with van der Waals surface area (Å²) in [5, 5.41) is 8.64. The summed E-state index contributed by atoms with van der Waals surface area (Å²) < 4.78 is 44.6. The van der Waals surface area contributed by atoms with Crippen LogP contribution < -0.4 is 9.47 Å². The van der Waals surface area contributed by atoms with Gasteiger partial charge in [0.2, 0.25) is 5.82 Å². The lowest BCUT2D eigenvalue weighted by atomic mass is 10.2. The van der Waals surface area contributed by atoms with E-state index < -0.39 is 9.84 Å². The Hall–Kier alpha value is -3.59. The van der Waals surface area contributed by atoms with Crippen LogP contribution in [-0.4, -0.2) is 43.2 Å². The summed E-state index contributed by atoms with van der Waals surface area (Å²) in [7, 11) is -0.411. The number of aryl methyl sites for hydroxylation is 3. The lowest BCUT2D eigenvalue weighted by Crippen LogP contribution is -2.13. The van der Waals surface area contributed by atoms with Crippen molar-refractivity contribution in [3.05, 3.63) is 71.7 Å². The standard InChI is InChI=1S/C24H25N3O5S/c1-16-8-11-18(12-9-16)33(28,29)15-14-22-25-26-24(21-13-10-17(2)32-21)27(22)23-19(30-3)6-5-7-20(23)31-4/h5-13H,14-15H2,1-4H3. The van der Waals surface area contributed by atoms with Crippen LogP contribution in [0.15, 0.2) is 63.9 Å². The summed E-state index contributed by atoms with van der Waals surface area (Å²) in [6.45, 7) is 3.75. The summed E-state index contributed by atoms with van der Waals surface area (Å²) >= 11 is 0. The Balaban J connectivity index is 1.80. The van der Waals surface area contributed by atoms with Gasteiger partial charge in [0.05, 0.1) is 24.9 Å². The van der Waals surface area contributed by atoms with Gasteiger partial charge in [-0.2, -0.15) is 0 Å². The second kappa shape index (κ2) is 9.11. The van der Waals surface area contributed by atoms with E-state index in [1.165, 1.54) is 0 Å². The van der Waals surface area contributed by atoms with Crippen LogP contribution in [0.25, 0.3) is 17.3 Å². The van der Waals surface area contributed by atoms with E-state index in [2.05, 4.69) is 10.2 Å². The van der Waals surface area contributed by atoms with E-state index in [0.717, 1.165) is 11.3 Å². The van der Waals surface area contributed by atoms with Gasteiger partial charge in [-0.3, -0.25) is 4.57 Å². The lowest BCUT2D eigenvalue weighted by Gasteiger charge is -2.16. The Bertz CT molecular complexity index is 1350. The molecule has 4 rings (SSSR count). The maximum Gasteiger partial charge on any atom is 0.204 e. The van der Waals surface area contributed by atoms with Crippen molar-refractivity contribution in [3.8, 4) is 28.8 Å². The van der Waals surface area contributed by atoms with Crippen molar-refractivity contribution in [2.45, 2.75) is 25.2 Å². The van der Waals surface area contributed by atoms with E-state index in [1.807, 2.05) is 26.0 Å². The fraction of sp³-hybridized carbons (Fsp3) is 0.250. The SMILES string of the molecule is COc1cccc(OC)c1-n1c(CCS(=O)(=O)c2ccc(C)cc2)nnc1-c1ccc(C)o1. The average Bonchev–Trinajstić information content (AvgIpc) is 3.43. The fourth-order valence-corrected chi connectivity index (χ4v) is 4.81. The van der Waals surface area contributed by atoms with Crippen molar-refractivity contribution in [2.24, 2.45) is 0 Å². The van der Waals surface area contributed by atoms with E-state index in [9.17, 15) is 8.42 Å². The molecule has 2 aromatic carbocycles. The molecule has 0 aliphatic rings. The zero-order chi connectivity index (χ0) is 23.6. The van der Waals surface area contributed by atoms with Crippen molar-refractivity contribution in [1.82, 2.24) is 14.8 Å². The molecular weight excluding hydrogens is 442 g/mol. The highest BCUT2D eigenvalue weighted by atomic mass is 32.2. The number of benzene rings is 2. The van der Waals surface area contributed by atoms with Crippen molar-refractivity contribution in [3.63, 3.8) is 0 Å². The molecule has 4 aromatic rings. The number of furan rings is 1. The van der Waals surface area contributed by atoms with Crippen LogP contribution in [0, 0.1) is 13.8 Å². The average molecular weight is 468 g/mol. The monoisotopic (exact) mass is 467 g/mol. The molecule has 0 atom stereocenters. The van der Waals surface area contributed by atoms with Crippen molar-refractivity contribution in [2.75, 3.05) is 20.0 Å². The molecule has 0 radical (unpaired) electrons. The molecule has 0 bridgehead atoms. The molecule has 0 saturated heterocycles. The third-order valence-electron chi connectivity index (χ3n) is 5.29. The first kappa shape index (κ1) is 22.6. The number of rotatable bonds is 8. The third-order valence-corrected chi connectivity index (χ3v) is 7.02. The zero-order valence-corrected chi connectivity index (χ0v) is 19.7. The molecule has 0 saturated carbocycles. The maximum absolute atomic E-state index is 13.0. The van der Waals surface area contributed by atoms with Crippen LogP contribution in [0.2, 0.25) is 0 Å². The Morgan fingerprint density at radius 2 is 1.58 bits per heavy atom. The smallest absolute Gasteiger partial charge is 0.204 e. The minimum absolute atomic E-state index is 0.129. The molecular formula is C24H25N3O5S. The van der Waals surface area contributed by atoms with Crippen LogP contribution in [-0.2, 0) is 16.3 Å². The van der Waals surface area contributed by atoms with Gasteiger partial charge >= 0.3 is 0 Å². The Kier molecular flexibility index (Phi) is 6.24. The molecule has 0 aliphatic carbocycles. The van der Waals surface area contributed by atoms with Crippen molar-refractivity contribution >= 4 is 9.84 Å². The quantitative estimate of drug-likeness (QED) is 0.383. The Morgan fingerprint density at radius 3 is 2.15 bits per heavy atom. The normalized spacial score (nSPS) is 11.5. The molecule has 0 N–H and O–H groups in total. The van der Waals surface area contributed by atoms with Crippen LogP contribution >= 0.6 is 0 Å². The van der Waals surface area contributed by atoms with Crippen LogP contribution in [0.1, 0.15) is 17.1 Å². The number of ether oxygens (including phenoxy) is 2. The molecule has 0 unspecified atom stereocenters. The van der Waals surface area contributed by atoms with Crippen molar-refractivity contribution in [1.29, 1.82) is 0 Å². The molecule has 33 heavy (non-hydrogen) atoms. The van der Waals surface area contributed by atoms with E-state index in [-0.39, 0.29) is 17.1 Å². The summed E-state index contributed by atoms with van der Waals surface area (Å²) in [4.78, 5) is 0.274. The minimum atomic E-state index is -3.52. The number of para-hydroxylation sites is 1. The van der Waals surface area contributed by atoms with Gasteiger partial charge in [-0.1, -0.05) is 23.8 Å². The van der Waals surface area contributed by atoms with E-state index in [0.29, 0.717) is 34.6 Å². The van der Waals surface area contributed by atoms with Gasteiger partial charge in [-0.25, -0.2) is 8.42 Å². The van der Waals surface area contributed by atoms with Gasteiger partial charge in [-0.05, 0) is 50.2 Å². The maximum atomic E-state index is 13.0. The zero-order valence-electron chi connectivity index (χ0n) is 18.9. The summed E-state index contributed by atoms with van der Waals surface area (Å²) in [5.74, 6) is 3.01. The molecule has 172 valence electrons. The van der Waals surface area contributed by atoms with Gasteiger partial charge in [0.25, 0.3) is 0 Å². The Morgan fingerprint density at radius 1 is 0.909 bits per heavy atom. The van der Waals surface area contributed by atoms with Gasteiger partial charge in [-0.15, -0.1) is 10.2 Å². The fourth-order valence-electron chi connectivity index (χ4n) is 3.57. The molecule has 0 fully saturated rings. The predicted molar refractivity (Wildman–Crippen MR) is 124 cm³/mol. The third kappa shape index (κ3) is 4.49. The largest absolute Gasteiger partial charge is 0.494 e. The van der Waals surface area contributed by atoms with E-state index in [4.69, 9.17) is 13.9 Å². The van der Waals surface area contributed by atoms with Crippen molar-refractivity contribution < 1.29 is 22.3 Å². The molecule has 0 amide bonds. The highest BCUT2D eigenvalue weighted by Gasteiger charge is 2.25. The predicted octanol–water partition coefficient (Wildman–Crippen LogP) is 4.18. The number of sulfone groups is 1. The highest BCUT2D eigenvalue weighted by Crippen LogP contribution is 2.36. The first-order chi connectivity index (χ1) is 15.8. The van der Waals surface area contributed by atoms with Crippen LogP contribution in [0.4, 0.5) is 0 Å². The topological polar surface area (TPSA) is 96.5 Å². The molecule has 2 heterocycles. The number of methoxy groups -OCH3 is 2. The highest BCUT2D eigenvalue weighted by molar-refractivity contribution is 7.91. The van der Waals surface area contributed by atoms with Crippen LogP contribution in [0.5, 0.6) is 11.5 Å². The second-order valence-electron chi connectivity index (χ2n) is 7.58. The molecule has 0 aliphatic heterocycles. The number of hydrogen-bond donors (Lipinski definition) is 0. The van der Waals surface area contributed by atoms with E-state index in [1.54, 1.807) is 61.3 Å². The molecule has 0 spiro atoms. The summed E-state index contributed by atoms with van der Waals surface area (Å²) in [6.07, 6.45) is 0.129. The molecule has 8 nitrogen and oxygen atoms in total. The summed E-state index contributed by atoms with van der Waals surface area (Å²) in [6, 6.07) is 15.8. The van der Waals surface area contributed by atoms with Gasteiger partial charge in [0.15, 0.2) is 15.6 Å². The van der Waals surface area contributed by atoms with Gasteiger partial charge in [0, 0.05) is 6.42 Å². The Labute approximate surface area is 192 Å². The molecule has 2 aromatic heterocycles. The first-order valence-corrected chi connectivity index (χ1v) is 12.0. The van der Waals surface area contributed by atoms with E-state index >= 15 is 0 Å². The summed E-state index contributed by atoms with van der Waals surface area (Å²) in [5.41, 5.74) is 1.56.